The summed E-state index contributed by atoms with van der Waals surface area (Å²) in [5.74, 6) is 0.476. The molecule has 31 heavy (non-hydrogen) atoms. The standard InChI is InChI=1S/C25H29N3O3/c29-21-10-13-28(14-11-21)25(30)24-15-23(26-31-24)20-8-4-12-27(17-20)16-19-7-3-6-18-5-1-2-9-22(18)19/h1-3,5-7,9,15,20-21,29H,4,8,10-14,16-17H2/t20-/m1/s1. The van der Waals surface area contributed by atoms with Crippen molar-refractivity contribution in [1.82, 2.24) is 15.0 Å². The summed E-state index contributed by atoms with van der Waals surface area (Å²) in [7, 11) is 0. The Labute approximate surface area is 182 Å². The van der Waals surface area contributed by atoms with E-state index in [0.717, 1.165) is 38.2 Å². The molecule has 2 saturated heterocycles. The van der Waals surface area contributed by atoms with Crippen LogP contribution in [0, 0.1) is 0 Å². The minimum Gasteiger partial charge on any atom is -0.393 e. The quantitative estimate of drug-likeness (QED) is 0.697. The number of hydrogen-bond acceptors (Lipinski definition) is 5. The summed E-state index contributed by atoms with van der Waals surface area (Å²) in [5, 5.41) is 16.5. The van der Waals surface area contributed by atoms with Crippen LogP contribution in [0.3, 0.4) is 0 Å². The number of aliphatic hydroxyl groups excluding tert-OH is 1. The summed E-state index contributed by atoms with van der Waals surface area (Å²) in [6.07, 6.45) is 3.11. The maximum atomic E-state index is 12.7. The summed E-state index contributed by atoms with van der Waals surface area (Å²) in [4.78, 5) is 17.0. The Morgan fingerprint density at radius 3 is 2.74 bits per heavy atom. The van der Waals surface area contributed by atoms with Crippen LogP contribution < -0.4 is 0 Å². The number of piperidine rings is 2. The van der Waals surface area contributed by atoms with Gasteiger partial charge in [0, 0.05) is 38.2 Å². The van der Waals surface area contributed by atoms with Crippen LogP contribution in [-0.4, -0.2) is 58.3 Å². The van der Waals surface area contributed by atoms with Crippen molar-refractivity contribution in [1.29, 1.82) is 0 Å². The van der Waals surface area contributed by atoms with Gasteiger partial charge in [-0.2, -0.15) is 0 Å². The van der Waals surface area contributed by atoms with Gasteiger partial charge < -0.3 is 14.5 Å². The molecule has 2 aliphatic heterocycles. The molecule has 0 spiro atoms. The van der Waals surface area contributed by atoms with E-state index in [2.05, 4.69) is 52.5 Å². The largest absolute Gasteiger partial charge is 0.393 e. The molecule has 0 aliphatic carbocycles. The van der Waals surface area contributed by atoms with Gasteiger partial charge in [-0.05, 0) is 48.6 Å². The Balaban J connectivity index is 1.26. The minimum atomic E-state index is -0.302. The lowest BCUT2D eigenvalue weighted by Gasteiger charge is -2.32. The highest BCUT2D eigenvalue weighted by Crippen LogP contribution is 2.29. The second-order valence-electron chi connectivity index (χ2n) is 8.85. The Morgan fingerprint density at radius 2 is 1.87 bits per heavy atom. The molecule has 3 heterocycles. The van der Waals surface area contributed by atoms with E-state index in [9.17, 15) is 9.90 Å². The highest BCUT2D eigenvalue weighted by Gasteiger charge is 2.28. The van der Waals surface area contributed by atoms with E-state index in [1.54, 1.807) is 4.90 Å². The molecular weight excluding hydrogens is 390 g/mol. The summed E-state index contributed by atoms with van der Waals surface area (Å²) < 4.78 is 5.45. The molecule has 2 aromatic carbocycles. The van der Waals surface area contributed by atoms with E-state index >= 15 is 0 Å². The Bertz CT molecular complexity index is 1050. The first-order valence-corrected chi connectivity index (χ1v) is 11.3. The van der Waals surface area contributed by atoms with Crippen LogP contribution in [0.2, 0.25) is 0 Å². The van der Waals surface area contributed by atoms with Gasteiger partial charge in [-0.1, -0.05) is 47.6 Å². The predicted molar refractivity (Wildman–Crippen MR) is 119 cm³/mol. The summed E-state index contributed by atoms with van der Waals surface area (Å²) >= 11 is 0. The third kappa shape index (κ3) is 4.36. The molecule has 0 bridgehead atoms. The Morgan fingerprint density at radius 1 is 1.06 bits per heavy atom. The fourth-order valence-electron chi connectivity index (χ4n) is 4.92. The average molecular weight is 420 g/mol. The Kier molecular flexibility index (Phi) is 5.74. The smallest absolute Gasteiger partial charge is 0.292 e. The molecule has 1 amide bonds. The van der Waals surface area contributed by atoms with Gasteiger partial charge in [0.15, 0.2) is 0 Å². The van der Waals surface area contributed by atoms with Gasteiger partial charge in [-0.3, -0.25) is 9.69 Å². The van der Waals surface area contributed by atoms with Gasteiger partial charge in [0.2, 0.25) is 5.76 Å². The number of nitrogens with zero attached hydrogens (tertiary/aromatic N) is 3. The van der Waals surface area contributed by atoms with Gasteiger partial charge >= 0.3 is 0 Å². The molecule has 0 radical (unpaired) electrons. The van der Waals surface area contributed by atoms with E-state index in [1.807, 2.05) is 6.07 Å². The van der Waals surface area contributed by atoms with Gasteiger partial charge in [0.1, 0.15) is 0 Å². The minimum absolute atomic E-state index is 0.117. The molecule has 1 aromatic heterocycles. The summed E-state index contributed by atoms with van der Waals surface area (Å²) in [6.45, 7) is 4.03. The maximum Gasteiger partial charge on any atom is 0.292 e. The molecule has 162 valence electrons. The fraction of sp³-hybridized carbons (Fsp3) is 0.440. The number of hydrogen-bond donors (Lipinski definition) is 1. The van der Waals surface area contributed by atoms with Crippen LogP contribution in [0.1, 0.15) is 53.4 Å². The zero-order valence-corrected chi connectivity index (χ0v) is 17.7. The van der Waals surface area contributed by atoms with Crippen molar-refractivity contribution in [3.05, 3.63) is 65.5 Å². The van der Waals surface area contributed by atoms with Gasteiger partial charge in [-0.25, -0.2) is 0 Å². The van der Waals surface area contributed by atoms with Crippen molar-refractivity contribution in [3.8, 4) is 0 Å². The zero-order chi connectivity index (χ0) is 21.2. The first-order chi connectivity index (χ1) is 15.2. The van der Waals surface area contributed by atoms with Crippen molar-refractivity contribution < 1.29 is 14.4 Å². The molecule has 6 nitrogen and oxygen atoms in total. The molecular formula is C25H29N3O3. The molecule has 0 saturated carbocycles. The average Bonchev–Trinajstić information content (AvgIpc) is 3.30. The number of amides is 1. The number of carbonyl (C=O) groups excluding carboxylic acids is 1. The second kappa shape index (κ2) is 8.81. The number of rotatable bonds is 4. The van der Waals surface area contributed by atoms with E-state index < -0.39 is 0 Å². The van der Waals surface area contributed by atoms with Crippen molar-refractivity contribution in [2.75, 3.05) is 26.2 Å². The van der Waals surface area contributed by atoms with Gasteiger partial charge in [0.25, 0.3) is 5.91 Å². The number of aliphatic hydroxyl groups is 1. The van der Waals surface area contributed by atoms with Crippen LogP contribution in [0.15, 0.2) is 53.1 Å². The maximum absolute atomic E-state index is 12.7. The lowest BCUT2D eigenvalue weighted by molar-refractivity contribution is 0.0512. The lowest BCUT2D eigenvalue weighted by Crippen LogP contribution is -2.39. The number of carbonyl (C=O) groups is 1. The highest BCUT2D eigenvalue weighted by atomic mass is 16.5. The monoisotopic (exact) mass is 419 g/mol. The Hall–Kier alpha value is -2.70. The molecule has 1 atom stereocenters. The highest BCUT2D eigenvalue weighted by molar-refractivity contribution is 5.91. The first-order valence-electron chi connectivity index (χ1n) is 11.3. The molecule has 5 rings (SSSR count). The van der Waals surface area contributed by atoms with E-state index in [-0.39, 0.29) is 17.9 Å². The first kappa shape index (κ1) is 20.2. The topological polar surface area (TPSA) is 69.8 Å². The fourth-order valence-corrected chi connectivity index (χ4v) is 4.92. The number of benzene rings is 2. The van der Waals surface area contributed by atoms with Crippen molar-refractivity contribution in [2.45, 2.75) is 44.2 Å². The van der Waals surface area contributed by atoms with E-state index in [1.165, 1.54) is 16.3 Å². The van der Waals surface area contributed by atoms with Gasteiger partial charge in [-0.15, -0.1) is 0 Å². The number of fused-ring (bicyclic) bond motifs is 1. The second-order valence-corrected chi connectivity index (χ2v) is 8.85. The van der Waals surface area contributed by atoms with Crippen LogP contribution in [-0.2, 0) is 6.54 Å². The van der Waals surface area contributed by atoms with Crippen molar-refractivity contribution in [3.63, 3.8) is 0 Å². The molecule has 6 heteroatoms. The predicted octanol–water partition coefficient (Wildman–Crippen LogP) is 3.80. The molecule has 3 aromatic rings. The van der Waals surface area contributed by atoms with E-state index in [0.29, 0.717) is 31.7 Å². The summed E-state index contributed by atoms with van der Waals surface area (Å²) in [5.41, 5.74) is 2.23. The zero-order valence-electron chi connectivity index (χ0n) is 17.7. The van der Waals surface area contributed by atoms with Crippen LogP contribution in [0.5, 0.6) is 0 Å². The SMILES string of the molecule is O=C(c1cc([C@@H]2CCCN(Cc3cccc4ccccc34)C2)no1)N1CCC(O)CC1. The molecule has 1 N–H and O–H groups in total. The third-order valence-corrected chi connectivity index (χ3v) is 6.69. The van der Waals surface area contributed by atoms with Crippen LogP contribution in [0.4, 0.5) is 0 Å². The molecule has 0 unspecified atom stereocenters. The van der Waals surface area contributed by atoms with Crippen molar-refractivity contribution >= 4 is 16.7 Å². The number of aromatic nitrogens is 1. The molecule has 2 fully saturated rings. The van der Waals surface area contributed by atoms with Crippen molar-refractivity contribution in [2.24, 2.45) is 0 Å². The third-order valence-electron chi connectivity index (χ3n) is 6.69. The van der Waals surface area contributed by atoms with E-state index in [4.69, 9.17) is 4.52 Å². The molecule has 2 aliphatic rings. The van der Waals surface area contributed by atoms with Crippen LogP contribution in [0.25, 0.3) is 10.8 Å². The van der Waals surface area contributed by atoms with Crippen LogP contribution >= 0.6 is 0 Å². The summed E-state index contributed by atoms with van der Waals surface area (Å²) in [6, 6.07) is 16.9. The van der Waals surface area contributed by atoms with Gasteiger partial charge in [0.05, 0.1) is 11.8 Å². The lowest BCUT2D eigenvalue weighted by atomic mass is 9.94. The number of likely N-dealkylation sites (tertiary alicyclic amines) is 2. The normalized spacial score (nSPS) is 20.9.